The van der Waals surface area contributed by atoms with Gasteiger partial charge in [0.15, 0.2) is 0 Å². The molecule has 0 aliphatic heterocycles. The molecule has 0 fully saturated rings. The molecular formula is C37H35F12N9O2P2Ru. The molecule has 63 heavy (non-hydrogen) atoms. The van der Waals surface area contributed by atoms with Gasteiger partial charge in [-0.05, 0) is 79.7 Å². The number of carbonyl (C=O) groups excluding carboxylic acids is 1. The van der Waals surface area contributed by atoms with Crippen molar-refractivity contribution in [2.45, 2.75) is 13.8 Å². The Hall–Kier alpha value is -5.90. The summed E-state index contributed by atoms with van der Waals surface area (Å²) in [5.41, 5.74) is 3.03. The predicted molar refractivity (Wildman–Crippen MR) is 214 cm³/mol. The number of rotatable bonds is 8. The summed E-state index contributed by atoms with van der Waals surface area (Å²) in [4.78, 5) is 42.6. The first-order valence-electron chi connectivity index (χ1n) is 17.1. The molecule has 0 unspecified atom stereocenters. The van der Waals surface area contributed by atoms with Gasteiger partial charge in [-0.15, -0.1) is 0 Å². The van der Waals surface area contributed by atoms with E-state index in [1.807, 2.05) is 115 Å². The van der Waals surface area contributed by atoms with Gasteiger partial charge in [-0.1, -0.05) is 30.3 Å². The summed E-state index contributed by atoms with van der Waals surface area (Å²) < 4.78 is 123. The first-order valence-corrected chi connectivity index (χ1v) is 21.1. The van der Waals surface area contributed by atoms with Gasteiger partial charge in [-0.25, -0.2) is 24.7 Å². The second-order valence-electron chi connectivity index (χ2n) is 11.8. The second kappa shape index (κ2) is 21.0. The van der Waals surface area contributed by atoms with Gasteiger partial charge < -0.3 is 14.5 Å². The van der Waals surface area contributed by atoms with Crippen LogP contribution in [-0.4, -0.2) is 56.6 Å². The number of pyridine rings is 6. The Morgan fingerprint density at radius 1 is 0.556 bits per heavy atom. The first-order chi connectivity index (χ1) is 28.3. The SMILES string of the molecule is CC#N.CCOC(=O)c1cc(-c2ccccn2)nc(-c2ccccn2)c1.CN(c1ccccn1)c1cccc(N(C)c2ccccn2)n1.F[P-](F)(F)(F)(F)F.F[P-](F)(F)(F)(F)F.[Ru+2]. The topological polar surface area (TPSA) is 134 Å². The molecule has 0 aliphatic carbocycles. The number of hydrogen-bond acceptors (Lipinski definition) is 11. The molecule has 6 aromatic heterocycles. The minimum absolute atomic E-state index is 0. The van der Waals surface area contributed by atoms with E-state index in [1.165, 1.54) is 6.92 Å². The van der Waals surface area contributed by atoms with Crippen LogP contribution < -0.4 is 9.80 Å². The quantitative estimate of drug-likeness (QED) is 0.0624. The third-order valence-corrected chi connectivity index (χ3v) is 6.58. The Morgan fingerprint density at radius 2 is 0.873 bits per heavy atom. The summed E-state index contributed by atoms with van der Waals surface area (Å²) in [7, 11) is -17.4. The number of esters is 1. The summed E-state index contributed by atoms with van der Waals surface area (Å²) in [5.74, 6) is 2.99. The Morgan fingerprint density at radius 3 is 1.16 bits per heavy atom. The number of anilines is 4. The smallest absolute Gasteiger partial charge is 2.00 e. The molecule has 6 heterocycles. The number of halogens is 12. The normalized spacial score (nSPS) is 12.6. The molecule has 0 aliphatic rings. The predicted octanol–water partition coefficient (Wildman–Crippen LogP) is 14.1. The van der Waals surface area contributed by atoms with E-state index in [4.69, 9.17) is 15.0 Å². The van der Waals surface area contributed by atoms with E-state index in [0.717, 1.165) is 23.3 Å². The molecule has 0 amide bonds. The van der Waals surface area contributed by atoms with Gasteiger partial charge in [0.2, 0.25) is 0 Å². The van der Waals surface area contributed by atoms with Crippen molar-refractivity contribution < 1.29 is 79.4 Å². The molecule has 0 saturated heterocycles. The summed E-state index contributed by atoms with van der Waals surface area (Å²) in [6, 6.07) is 33.8. The average Bonchev–Trinajstić information content (AvgIpc) is 3.20. The number of nitriles is 1. The number of carbonyl (C=O) groups is 1. The Balaban J connectivity index is 0.000000459. The van der Waals surface area contributed by atoms with Crippen molar-refractivity contribution in [3.05, 3.63) is 133 Å². The van der Waals surface area contributed by atoms with Gasteiger partial charge in [-0.3, -0.25) is 9.97 Å². The Kier molecular flexibility index (Phi) is 18.4. The van der Waals surface area contributed by atoms with Crippen molar-refractivity contribution in [3.8, 4) is 28.8 Å². The van der Waals surface area contributed by atoms with Crippen LogP contribution in [0, 0.1) is 11.3 Å². The van der Waals surface area contributed by atoms with E-state index in [0.29, 0.717) is 34.9 Å². The maximum absolute atomic E-state index is 12.1. The number of aromatic nitrogens is 6. The van der Waals surface area contributed by atoms with Crippen molar-refractivity contribution in [1.29, 1.82) is 5.26 Å². The molecule has 0 spiro atoms. The molecule has 6 aromatic rings. The van der Waals surface area contributed by atoms with Crippen LogP contribution in [0.2, 0.25) is 0 Å². The van der Waals surface area contributed by atoms with Crippen molar-refractivity contribution in [2.75, 3.05) is 30.5 Å². The molecule has 11 nitrogen and oxygen atoms in total. The van der Waals surface area contributed by atoms with Gasteiger partial charge >= 0.3 is 91.4 Å². The zero-order chi connectivity index (χ0) is 47.0. The molecule has 0 radical (unpaired) electrons. The van der Waals surface area contributed by atoms with Gasteiger partial charge in [0.1, 0.15) is 23.3 Å². The molecule has 0 bridgehead atoms. The van der Waals surface area contributed by atoms with Crippen molar-refractivity contribution >= 4 is 44.9 Å². The van der Waals surface area contributed by atoms with Crippen LogP contribution in [-0.2, 0) is 24.2 Å². The average molecular weight is 1030 g/mol. The van der Waals surface area contributed by atoms with E-state index >= 15 is 0 Å². The van der Waals surface area contributed by atoms with Crippen LogP contribution in [0.3, 0.4) is 0 Å². The minimum Gasteiger partial charge on any atom is 2.00 e. The fraction of sp³-hybridized carbons (Fsp3) is 0.135. The largest absolute Gasteiger partial charge is 2.00 e. The van der Waals surface area contributed by atoms with Crippen molar-refractivity contribution in [2.24, 2.45) is 0 Å². The number of ether oxygens (including phenoxy) is 1. The van der Waals surface area contributed by atoms with Gasteiger partial charge in [-0.2, -0.15) is 5.26 Å². The van der Waals surface area contributed by atoms with E-state index in [-0.39, 0.29) is 25.4 Å². The minimum atomic E-state index is -10.7. The van der Waals surface area contributed by atoms with Crippen molar-refractivity contribution in [1.82, 2.24) is 29.9 Å². The Bertz CT molecular complexity index is 2230. The standard InChI is InChI=1S/C18H15N3O2.C17H17N5.C2H3N.2F6P.Ru/c1-2-23-18(22)13-11-16(14-7-3-5-9-19-14)21-17(12-13)15-8-4-6-10-20-15;1-21(14-8-3-5-12-18-14)16-10-7-11-17(20-16)22(2)15-9-4-6-13-19-15;1-2-3;2*1-7(2,3,4,5)6;/h3-12H,2H2,1H3;3-13H,1-2H3;1H3;;;/q;;;2*-1;+2. The fourth-order valence-corrected chi connectivity index (χ4v) is 4.28. The molecule has 0 aromatic carbocycles. The maximum Gasteiger partial charge on any atom is 2.00 e. The molecule has 26 heteroatoms. The monoisotopic (exact) mass is 1030 g/mol. The first kappa shape index (κ1) is 55.1. The molecular weight excluding hydrogens is 993 g/mol. The maximum atomic E-state index is 12.1. The fourth-order valence-electron chi connectivity index (χ4n) is 4.28. The van der Waals surface area contributed by atoms with E-state index in [9.17, 15) is 55.2 Å². The number of nitrogens with zero attached hydrogens (tertiary/aromatic N) is 9. The summed E-state index contributed by atoms with van der Waals surface area (Å²) in [6.07, 6.45) is 6.92. The van der Waals surface area contributed by atoms with Crippen LogP contribution in [0.15, 0.2) is 128 Å². The summed E-state index contributed by atoms with van der Waals surface area (Å²) in [5, 5.41) is 7.32. The third-order valence-electron chi connectivity index (χ3n) is 6.58. The molecule has 0 saturated carbocycles. The molecule has 342 valence electrons. The third kappa shape index (κ3) is 26.2. The van der Waals surface area contributed by atoms with E-state index in [1.54, 1.807) is 49.9 Å². The molecule has 0 N–H and O–H groups in total. The van der Waals surface area contributed by atoms with Gasteiger partial charge in [0.05, 0.1) is 41.0 Å². The van der Waals surface area contributed by atoms with Gasteiger partial charge in [0, 0.05) is 45.8 Å². The van der Waals surface area contributed by atoms with Crippen LogP contribution >= 0.6 is 15.6 Å². The van der Waals surface area contributed by atoms with E-state index in [2.05, 4.69) is 24.9 Å². The van der Waals surface area contributed by atoms with Crippen molar-refractivity contribution in [3.63, 3.8) is 0 Å². The second-order valence-corrected chi connectivity index (χ2v) is 15.6. The zero-order valence-corrected chi connectivity index (χ0v) is 36.5. The van der Waals surface area contributed by atoms with Gasteiger partial charge in [0.25, 0.3) is 0 Å². The van der Waals surface area contributed by atoms with E-state index < -0.39 is 15.6 Å². The molecule has 6 rings (SSSR count). The summed E-state index contributed by atoms with van der Waals surface area (Å²) in [6.45, 7) is 3.53. The zero-order valence-electron chi connectivity index (χ0n) is 33.0. The summed E-state index contributed by atoms with van der Waals surface area (Å²) >= 11 is 0. The van der Waals surface area contributed by atoms with Crippen LogP contribution in [0.1, 0.15) is 24.2 Å². The molecule has 0 atom stereocenters. The Labute approximate surface area is 365 Å². The van der Waals surface area contributed by atoms with Crippen LogP contribution in [0.25, 0.3) is 22.8 Å². The van der Waals surface area contributed by atoms with Crippen LogP contribution in [0.4, 0.5) is 73.6 Å². The number of hydrogen-bond donors (Lipinski definition) is 0. The van der Waals surface area contributed by atoms with Crippen LogP contribution in [0.5, 0.6) is 0 Å².